The number of halogens is 2. The van der Waals surface area contributed by atoms with Crippen LogP contribution in [0.4, 0.5) is 5.69 Å². The van der Waals surface area contributed by atoms with E-state index in [9.17, 15) is 5.11 Å². The molecule has 1 aromatic rings. The van der Waals surface area contributed by atoms with Gasteiger partial charge < -0.3 is 15.2 Å². The minimum atomic E-state index is -0.497. The zero-order chi connectivity index (χ0) is 13.7. The van der Waals surface area contributed by atoms with Crippen molar-refractivity contribution in [3.05, 3.63) is 27.7 Å². The third kappa shape index (κ3) is 4.95. The molecule has 1 unspecified atom stereocenters. The highest BCUT2D eigenvalue weighted by Crippen LogP contribution is 2.26. The van der Waals surface area contributed by atoms with Gasteiger partial charge in [-0.3, -0.25) is 0 Å². The molecule has 19 heavy (non-hydrogen) atoms. The van der Waals surface area contributed by atoms with Gasteiger partial charge in [0, 0.05) is 21.7 Å². The van der Waals surface area contributed by atoms with Gasteiger partial charge >= 0.3 is 0 Å². The van der Waals surface area contributed by atoms with Crippen LogP contribution in [0.15, 0.2) is 22.7 Å². The Balaban J connectivity index is 1.71. The Kier molecular flexibility index (Phi) is 5.95. The fourth-order valence-electron chi connectivity index (χ4n) is 2.22. The number of benzene rings is 1. The Morgan fingerprint density at radius 2 is 2.16 bits per heavy atom. The van der Waals surface area contributed by atoms with E-state index in [4.69, 9.17) is 16.3 Å². The molecule has 0 saturated heterocycles. The molecule has 2 rings (SSSR count). The molecule has 1 fully saturated rings. The Labute approximate surface area is 127 Å². The van der Waals surface area contributed by atoms with Crippen molar-refractivity contribution >= 4 is 33.2 Å². The van der Waals surface area contributed by atoms with Gasteiger partial charge in [-0.2, -0.15) is 0 Å². The smallest absolute Gasteiger partial charge is 0.0945 e. The molecule has 1 aliphatic carbocycles. The monoisotopic (exact) mass is 347 g/mol. The quantitative estimate of drug-likeness (QED) is 0.821. The van der Waals surface area contributed by atoms with E-state index in [0.717, 1.165) is 23.0 Å². The predicted molar refractivity (Wildman–Crippen MR) is 81.9 cm³/mol. The van der Waals surface area contributed by atoms with Crippen LogP contribution in [0.5, 0.6) is 0 Å². The Morgan fingerprint density at radius 1 is 1.42 bits per heavy atom. The highest BCUT2D eigenvalue weighted by Gasteiger charge is 2.16. The molecule has 1 saturated carbocycles. The van der Waals surface area contributed by atoms with Gasteiger partial charge in [0.15, 0.2) is 0 Å². The van der Waals surface area contributed by atoms with Crippen LogP contribution in [0.25, 0.3) is 0 Å². The van der Waals surface area contributed by atoms with Crippen LogP contribution in [0.3, 0.4) is 0 Å². The second-order valence-corrected chi connectivity index (χ2v) is 6.19. The van der Waals surface area contributed by atoms with E-state index in [1.807, 2.05) is 18.2 Å². The number of hydrogen-bond acceptors (Lipinski definition) is 3. The summed E-state index contributed by atoms with van der Waals surface area (Å²) in [7, 11) is 0. The molecule has 0 heterocycles. The van der Waals surface area contributed by atoms with Gasteiger partial charge in [-0.25, -0.2) is 0 Å². The highest BCUT2D eigenvalue weighted by molar-refractivity contribution is 9.10. The Hall–Kier alpha value is -0.290. The van der Waals surface area contributed by atoms with E-state index in [-0.39, 0.29) is 0 Å². The number of nitrogens with one attached hydrogen (secondary N) is 1. The Morgan fingerprint density at radius 3 is 2.84 bits per heavy atom. The normalized spacial score (nSPS) is 17.6. The third-order valence-corrected chi connectivity index (χ3v) is 4.18. The van der Waals surface area contributed by atoms with Crippen LogP contribution in [0.2, 0.25) is 5.02 Å². The number of hydrogen-bond donors (Lipinski definition) is 2. The standard InChI is InChI=1S/C14H19BrClNO2/c15-13-7-10(16)5-6-14(13)17-8-11(18)9-19-12-3-1-2-4-12/h5-7,11-12,17-18H,1-4,8-9H2. The van der Waals surface area contributed by atoms with E-state index in [0.29, 0.717) is 24.3 Å². The first kappa shape index (κ1) is 15.1. The lowest BCUT2D eigenvalue weighted by atomic mass is 10.3. The summed E-state index contributed by atoms with van der Waals surface area (Å²) in [6.45, 7) is 0.857. The van der Waals surface area contributed by atoms with E-state index in [1.54, 1.807) is 0 Å². The minimum absolute atomic E-state index is 0.344. The van der Waals surface area contributed by atoms with Gasteiger partial charge in [-0.1, -0.05) is 24.4 Å². The first-order chi connectivity index (χ1) is 9.15. The van der Waals surface area contributed by atoms with Crippen molar-refractivity contribution in [3.63, 3.8) is 0 Å². The van der Waals surface area contributed by atoms with Crippen molar-refractivity contribution in [1.82, 2.24) is 0 Å². The van der Waals surface area contributed by atoms with E-state index < -0.39 is 6.10 Å². The summed E-state index contributed by atoms with van der Waals surface area (Å²) in [5.41, 5.74) is 0.921. The molecule has 1 atom stereocenters. The molecule has 0 bridgehead atoms. The van der Waals surface area contributed by atoms with E-state index in [1.165, 1.54) is 12.8 Å². The summed E-state index contributed by atoms with van der Waals surface area (Å²) in [4.78, 5) is 0. The van der Waals surface area contributed by atoms with Gasteiger partial charge in [0.1, 0.15) is 0 Å². The fourth-order valence-corrected chi connectivity index (χ4v) is 3.04. The lowest BCUT2D eigenvalue weighted by Gasteiger charge is -2.17. The molecule has 3 nitrogen and oxygen atoms in total. The first-order valence-corrected chi connectivity index (χ1v) is 7.81. The fraction of sp³-hybridized carbons (Fsp3) is 0.571. The molecule has 0 spiro atoms. The van der Waals surface area contributed by atoms with Gasteiger partial charge in [0.25, 0.3) is 0 Å². The van der Waals surface area contributed by atoms with Gasteiger partial charge in [0.05, 0.1) is 18.8 Å². The molecule has 5 heteroatoms. The molecular formula is C14H19BrClNO2. The molecule has 1 aliphatic rings. The molecule has 0 radical (unpaired) electrons. The number of rotatable bonds is 6. The average Bonchev–Trinajstić information content (AvgIpc) is 2.88. The first-order valence-electron chi connectivity index (χ1n) is 6.64. The molecular weight excluding hydrogens is 330 g/mol. The summed E-state index contributed by atoms with van der Waals surface area (Å²) in [6, 6.07) is 5.53. The minimum Gasteiger partial charge on any atom is -0.389 e. The molecule has 0 amide bonds. The molecule has 106 valence electrons. The maximum atomic E-state index is 9.89. The topological polar surface area (TPSA) is 41.5 Å². The van der Waals surface area contributed by atoms with Gasteiger partial charge in [0.2, 0.25) is 0 Å². The van der Waals surface area contributed by atoms with Crippen molar-refractivity contribution in [2.75, 3.05) is 18.5 Å². The van der Waals surface area contributed by atoms with Gasteiger partial charge in [-0.15, -0.1) is 0 Å². The predicted octanol–water partition coefficient (Wildman–Crippen LogP) is 3.83. The number of aliphatic hydroxyl groups excluding tert-OH is 1. The maximum Gasteiger partial charge on any atom is 0.0945 e. The summed E-state index contributed by atoms with van der Waals surface area (Å²) in [6.07, 6.45) is 4.60. The van der Waals surface area contributed by atoms with E-state index >= 15 is 0 Å². The van der Waals surface area contributed by atoms with Crippen molar-refractivity contribution in [2.45, 2.75) is 37.9 Å². The van der Waals surface area contributed by atoms with Crippen LogP contribution in [-0.2, 0) is 4.74 Å². The van der Waals surface area contributed by atoms with Gasteiger partial charge in [-0.05, 0) is 47.0 Å². The maximum absolute atomic E-state index is 9.89. The van der Waals surface area contributed by atoms with Crippen LogP contribution >= 0.6 is 27.5 Å². The summed E-state index contributed by atoms with van der Waals surface area (Å²) in [5.74, 6) is 0. The van der Waals surface area contributed by atoms with Crippen molar-refractivity contribution in [3.8, 4) is 0 Å². The second-order valence-electron chi connectivity index (χ2n) is 4.90. The average molecular weight is 349 g/mol. The van der Waals surface area contributed by atoms with Crippen molar-refractivity contribution in [1.29, 1.82) is 0 Å². The van der Waals surface area contributed by atoms with Crippen molar-refractivity contribution < 1.29 is 9.84 Å². The van der Waals surface area contributed by atoms with Crippen LogP contribution in [-0.4, -0.2) is 30.5 Å². The molecule has 1 aromatic carbocycles. The lowest BCUT2D eigenvalue weighted by Crippen LogP contribution is -2.27. The Bertz CT molecular complexity index is 410. The number of anilines is 1. The number of aliphatic hydroxyl groups is 1. The van der Waals surface area contributed by atoms with Crippen LogP contribution in [0, 0.1) is 0 Å². The van der Waals surface area contributed by atoms with E-state index in [2.05, 4.69) is 21.2 Å². The SMILES string of the molecule is OC(CNc1ccc(Cl)cc1Br)COC1CCCC1. The lowest BCUT2D eigenvalue weighted by molar-refractivity contribution is -0.00117. The third-order valence-electron chi connectivity index (χ3n) is 3.29. The largest absolute Gasteiger partial charge is 0.389 e. The zero-order valence-corrected chi connectivity index (χ0v) is 13.1. The number of ether oxygens (including phenoxy) is 1. The zero-order valence-electron chi connectivity index (χ0n) is 10.7. The molecule has 0 aromatic heterocycles. The highest BCUT2D eigenvalue weighted by atomic mass is 79.9. The summed E-state index contributed by atoms with van der Waals surface area (Å²) < 4.78 is 6.57. The molecule has 2 N–H and O–H groups in total. The van der Waals surface area contributed by atoms with Crippen molar-refractivity contribution in [2.24, 2.45) is 0 Å². The van der Waals surface area contributed by atoms with Crippen LogP contribution in [0.1, 0.15) is 25.7 Å². The second kappa shape index (κ2) is 7.48. The molecule has 0 aliphatic heterocycles. The summed E-state index contributed by atoms with van der Waals surface area (Å²) in [5, 5.41) is 13.8. The van der Waals surface area contributed by atoms with Crippen LogP contribution < -0.4 is 5.32 Å². The summed E-state index contributed by atoms with van der Waals surface area (Å²) >= 11 is 9.31.